The van der Waals surface area contributed by atoms with Crippen molar-refractivity contribution in [1.29, 1.82) is 0 Å². The van der Waals surface area contributed by atoms with E-state index in [0.717, 1.165) is 12.2 Å². The molecule has 0 atom stereocenters. The molecule has 0 aliphatic rings. The molecule has 3 rings (SSSR count). The minimum absolute atomic E-state index is 0.117. The van der Waals surface area contributed by atoms with Gasteiger partial charge in [-0.15, -0.1) is 0 Å². The first-order valence-electron chi connectivity index (χ1n) is 5.72. The first-order chi connectivity index (χ1) is 9.28. The molecule has 8 heteroatoms. The molecule has 0 aliphatic carbocycles. The monoisotopic (exact) mass is 275 g/mol. The molecule has 3 aromatic heterocycles. The fourth-order valence-electron chi connectivity index (χ4n) is 1.70. The molecule has 3 aromatic rings. The third kappa shape index (κ3) is 2.19. The summed E-state index contributed by atoms with van der Waals surface area (Å²) < 4.78 is 3.31. The second-order valence-corrected chi connectivity index (χ2v) is 4.06. The summed E-state index contributed by atoms with van der Waals surface area (Å²) >= 11 is 5.94. The maximum absolute atomic E-state index is 5.94. The maximum atomic E-state index is 5.94. The molecule has 0 fully saturated rings. The van der Waals surface area contributed by atoms with Gasteiger partial charge in [0.1, 0.15) is 5.82 Å². The summed E-state index contributed by atoms with van der Waals surface area (Å²) in [6.07, 6.45) is 7.64. The van der Waals surface area contributed by atoms with Crippen LogP contribution >= 0.6 is 11.6 Å². The highest BCUT2D eigenvalue weighted by Gasteiger charge is 2.11. The number of rotatable bonds is 3. The Morgan fingerprint density at radius 2 is 1.95 bits per heavy atom. The van der Waals surface area contributed by atoms with Gasteiger partial charge in [-0.05, 0) is 17.7 Å². The van der Waals surface area contributed by atoms with Crippen LogP contribution in [-0.2, 0) is 6.42 Å². The number of aryl methyl sites for hydroxylation is 1. The molecule has 19 heavy (non-hydrogen) atoms. The zero-order valence-electron chi connectivity index (χ0n) is 10.1. The number of hydrogen-bond acceptors (Lipinski definition) is 5. The summed E-state index contributed by atoms with van der Waals surface area (Å²) in [7, 11) is 0. The Morgan fingerprint density at radius 1 is 1.11 bits per heavy atom. The molecule has 0 spiro atoms. The first kappa shape index (κ1) is 11.8. The minimum atomic E-state index is 0.117. The largest absolute Gasteiger partial charge is 0.272 e. The van der Waals surface area contributed by atoms with Crippen LogP contribution in [0.5, 0.6) is 0 Å². The molecular formula is C11H10ClN7. The van der Waals surface area contributed by atoms with Gasteiger partial charge in [-0.3, -0.25) is 4.57 Å². The van der Waals surface area contributed by atoms with E-state index in [1.807, 2.05) is 6.92 Å². The summed E-state index contributed by atoms with van der Waals surface area (Å²) in [5.41, 5.74) is 0. The summed E-state index contributed by atoms with van der Waals surface area (Å²) in [4.78, 5) is 16.7. The lowest BCUT2D eigenvalue weighted by atomic mass is 10.4. The molecule has 0 saturated carbocycles. The van der Waals surface area contributed by atoms with Gasteiger partial charge in [0.15, 0.2) is 0 Å². The number of aromatic nitrogens is 7. The Morgan fingerprint density at radius 3 is 2.68 bits per heavy atom. The van der Waals surface area contributed by atoms with Gasteiger partial charge in [-0.25, -0.2) is 9.67 Å². The van der Waals surface area contributed by atoms with Crippen LogP contribution in [0, 0.1) is 0 Å². The predicted octanol–water partition coefficient (Wildman–Crippen LogP) is 1.46. The minimum Gasteiger partial charge on any atom is -0.272 e. The summed E-state index contributed by atoms with van der Waals surface area (Å²) in [6, 6.07) is 1.78. The summed E-state index contributed by atoms with van der Waals surface area (Å²) in [5.74, 6) is 1.66. The highest BCUT2D eigenvalue weighted by atomic mass is 35.5. The topological polar surface area (TPSA) is 74.3 Å². The molecule has 96 valence electrons. The van der Waals surface area contributed by atoms with E-state index in [9.17, 15) is 0 Å². The van der Waals surface area contributed by atoms with Crippen LogP contribution in [0.4, 0.5) is 0 Å². The quantitative estimate of drug-likeness (QED) is 0.723. The van der Waals surface area contributed by atoms with Gasteiger partial charge in [0, 0.05) is 31.2 Å². The Bertz CT molecular complexity index is 689. The molecule has 0 unspecified atom stereocenters. The van der Waals surface area contributed by atoms with Gasteiger partial charge in [0.2, 0.25) is 11.2 Å². The highest BCUT2D eigenvalue weighted by molar-refractivity contribution is 6.28. The van der Waals surface area contributed by atoms with Crippen LogP contribution in [0.2, 0.25) is 5.28 Å². The molecule has 0 saturated heterocycles. The standard InChI is InChI=1S/C11H10ClN7/c1-2-8-13-5-7-18(8)10-15-9(12)16-11(17-10)19-6-3-4-14-19/h3-7H,2H2,1H3. The second-order valence-electron chi connectivity index (χ2n) is 3.72. The van der Waals surface area contributed by atoms with Crippen LogP contribution in [0.1, 0.15) is 12.7 Å². The van der Waals surface area contributed by atoms with Crippen molar-refractivity contribution in [3.63, 3.8) is 0 Å². The molecule has 0 amide bonds. The molecule has 0 aromatic carbocycles. The van der Waals surface area contributed by atoms with Crippen LogP contribution < -0.4 is 0 Å². The summed E-state index contributed by atoms with van der Waals surface area (Å²) in [5, 5.41) is 4.19. The average Bonchev–Trinajstić information content (AvgIpc) is 3.09. The molecule has 0 aliphatic heterocycles. The fraction of sp³-hybridized carbons (Fsp3) is 0.182. The van der Waals surface area contributed by atoms with E-state index in [2.05, 4.69) is 25.0 Å². The van der Waals surface area contributed by atoms with Crippen LogP contribution in [0.3, 0.4) is 0 Å². The van der Waals surface area contributed by atoms with Crippen molar-refractivity contribution in [2.45, 2.75) is 13.3 Å². The lowest BCUT2D eigenvalue weighted by Gasteiger charge is -2.06. The van der Waals surface area contributed by atoms with Crippen molar-refractivity contribution in [2.24, 2.45) is 0 Å². The van der Waals surface area contributed by atoms with Crippen molar-refractivity contribution in [3.8, 4) is 11.9 Å². The van der Waals surface area contributed by atoms with Crippen molar-refractivity contribution in [3.05, 3.63) is 42.0 Å². The Labute approximate surface area is 113 Å². The van der Waals surface area contributed by atoms with E-state index in [-0.39, 0.29) is 5.28 Å². The Balaban J connectivity index is 2.13. The van der Waals surface area contributed by atoms with Crippen molar-refractivity contribution >= 4 is 11.6 Å². The van der Waals surface area contributed by atoms with Gasteiger partial charge < -0.3 is 0 Å². The van der Waals surface area contributed by atoms with Crippen LogP contribution in [0.25, 0.3) is 11.9 Å². The van der Waals surface area contributed by atoms with Gasteiger partial charge in [0.05, 0.1) is 0 Å². The van der Waals surface area contributed by atoms with Crippen LogP contribution in [-0.4, -0.2) is 34.3 Å². The highest BCUT2D eigenvalue weighted by Crippen LogP contribution is 2.11. The zero-order chi connectivity index (χ0) is 13.2. The first-order valence-corrected chi connectivity index (χ1v) is 6.10. The number of halogens is 1. The average molecular weight is 276 g/mol. The van der Waals surface area contributed by atoms with E-state index < -0.39 is 0 Å². The molecule has 3 heterocycles. The normalized spacial score (nSPS) is 10.8. The van der Waals surface area contributed by atoms with E-state index in [1.54, 1.807) is 35.4 Å². The van der Waals surface area contributed by atoms with Crippen molar-refractivity contribution in [2.75, 3.05) is 0 Å². The number of imidazole rings is 1. The lowest BCUT2D eigenvalue weighted by Crippen LogP contribution is -2.10. The Kier molecular flexibility index (Phi) is 2.96. The van der Waals surface area contributed by atoms with Gasteiger partial charge in [0.25, 0.3) is 5.95 Å². The van der Waals surface area contributed by atoms with Crippen LogP contribution in [0.15, 0.2) is 30.9 Å². The molecule has 0 bridgehead atoms. The van der Waals surface area contributed by atoms with Gasteiger partial charge >= 0.3 is 0 Å². The van der Waals surface area contributed by atoms with Crippen molar-refractivity contribution in [1.82, 2.24) is 34.3 Å². The third-order valence-corrected chi connectivity index (χ3v) is 2.71. The molecule has 7 nitrogen and oxygen atoms in total. The molecule has 0 N–H and O–H groups in total. The zero-order valence-corrected chi connectivity index (χ0v) is 10.9. The predicted molar refractivity (Wildman–Crippen MR) is 68.5 cm³/mol. The van der Waals surface area contributed by atoms with Crippen molar-refractivity contribution < 1.29 is 0 Å². The van der Waals surface area contributed by atoms with E-state index in [1.165, 1.54) is 4.68 Å². The SMILES string of the molecule is CCc1nccn1-c1nc(Cl)nc(-n2cccn2)n1. The van der Waals surface area contributed by atoms with Gasteiger partial charge in [-0.2, -0.15) is 20.1 Å². The molecular weight excluding hydrogens is 266 g/mol. The smallest absolute Gasteiger partial charge is 0.256 e. The van der Waals surface area contributed by atoms with E-state index in [4.69, 9.17) is 11.6 Å². The van der Waals surface area contributed by atoms with Gasteiger partial charge in [-0.1, -0.05) is 6.92 Å². The second kappa shape index (κ2) is 4.77. The maximum Gasteiger partial charge on any atom is 0.256 e. The van der Waals surface area contributed by atoms with E-state index in [0.29, 0.717) is 11.9 Å². The Hall–Kier alpha value is -2.28. The van der Waals surface area contributed by atoms with E-state index >= 15 is 0 Å². The third-order valence-electron chi connectivity index (χ3n) is 2.54. The summed E-state index contributed by atoms with van der Waals surface area (Å²) in [6.45, 7) is 2.01. The lowest BCUT2D eigenvalue weighted by molar-refractivity contribution is 0.759. The number of nitrogens with zero attached hydrogens (tertiary/aromatic N) is 7. The molecule has 0 radical (unpaired) electrons. The fourth-order valence-corrected chi connectivity index (χ4v) is 1.86. The number of hydrogen-bond donors (Lipinski definition) is 0.